The third kappa shape index (κ3) is 3.62. The van der Waals surface area contributed by atoms with Crippen LogP contribution in [0.2, 0.25) is 5.02 Å². The molecule has 1 N–H and O–H groups in total. The van der Waals surface area contributed by atoms with Crippen molar-refractivity contribution in [3.63, 3.8) is 0 Å². The van der Waals surface area contributed by atoms with E-state index in [-0.39, 0.29) is 5.91 Å². The van der Waals surface area contributed by atoms with E-state index in [0.29, 0.717) is 39.0 Å². The first-order chi connectivity index (χ1) is 13.6. The number of hydrogen-bond acceptors (Lipinski definition) is 5. The number of piperidine rings is 1. The van der Waals surface area contributed by atoms with Gasteiger partial charge in [-0.2, -0.15) is 0 Å². The minimum absolute atomic E-state index is 0.00258. The number of rotatable bonds is 4. The molecule has 6 nitrogen and oxygen atoms in total. The number of carbonyl (C=O) groups is 1. The van der Waals surface area contributed by atoms with Crippen LogP contribution in [0, 0.1) is 12.8 Å². The largest absolute Gasteiger partial charge is 0.338 e. The molecule has 2 aromatic heterocycles. The number of aryl methyl sites for hydroxylation is 1. The third-order valence-corrected chi connectivity index (χ3v) is 5.50. The van der Waals surface area contributed by atoms with Crippen molar-refractivity contribution in [2.75, 3.05) is 26.7 Å². The molecule has 3 aromatic rings. The van der Waals surface area contributed by atoms with E-state index in [0.717, 1.165) is 38.0 Å². The summed E-state index contributed by atoms with van der Waals surface area (Å²) >= 11 is 6.14. The fourth-order valence-corrected chi connectivity index (χ4v) is 4.12. The number of benzene rings is 1. The summed E-state index contributed by atoms with van der Waals surface area (Å²) in [6.07, 6.45) is 2.15. The second kappa shape index (κ2) is 7.89. The monoisotopic (exact) mass is 398 g/mol. The van der Waals surface area contributed by atoms with Gasteiger partial charge in [-0.3, -0.25) is 4.79 Å². The maximum Gasteiger partial charge on any atom is 0.259 e. The van der Waals surface area contributed by atoms with Gasteiger partial charge in [-0.1, -0.05) is 28.9 Å². The van der Waals surface area contributed by atoms with Crippen molar-refractivity contribution < 1.29 is 9.32 Å². The Labute approximate surface area is 168 Å². The molecular formula is C21H23ClN4O2. The van der Waals surface area contributed by atoms with Crippen LogP contribution in [0.4, 0.5) is 0 Å². The minimum Gasteiger partial charge on any atom is -0.338 e. The van der Waals surface area contributed by atoms with Crippen LogP contribution in [0.1, 0.15) is 28.9 Å². The Kier molecular flexibility index (Phi) is 5.33. The SMILES string of the molecule is CNCC1CCCN(C(=O)c2cc(-c3cccc(Cl)c3)nc3onc(C)c23)C1. The van der Waals surface area contributed by atoms with Crippen LogP contribution < -0.4 is 5.32 Å². The zero-order chi connectivity index (χ0) is 19.7. The Morgan fingerprint density at radius 3 is 3.04 bits per heavy atom. The summed E-state index contributed by atoms with van der Waals surface area (Å²) in [5.41, 5.74) is 3.13. The number of hydrogen-bond donors (Lipinski definition) is 1. The highest BCUT2D eigenvalue weighted by Gasteiger charge is 2.27. The number of carbonyl (C=O) groups excluding carboxylic acids is 1. The molecule has 0 spiro atoms. The second-order valence-corrected chi connectivity index (χ2v) is 7.77. The lowest BCUT2D eigenvalue weighted by Crippen LogP contribution is -2.42. The Morgan fingerprint density at radius 2 is 2.25 bits per heavy atom. The molecule has 1 saturated heterocycles. The highest BCUT2D eigenvalue weighted by molar-refractivity contribution is 6.30. The van der Waals surface area contributed by atoms with Crippen LogP contribution in [0.3, 0.4) is 0 Å². The summed E-state index contributed by atoms with van der Waals surface area (Å²) in [7, 11) is 1.95. The predicted octanol–water partition coefficient (Wildman–Crippen LogP) is 3.92. The smallest absolute Gasteiger partial charge is 0.259 e. The van der Waals surface area contributed by atoms with Crippen LogP contribution in [0.25, 0.3) is 22.4 Å². The van der Waals surface area contributed by atoms with Gasteiger partial charge in [0.2, 0.25) is 0 Å². The van der Waals surface area contributed by atoms with E-state index in [1.165, 1.54) is 0 Å². The average molecular weight is 399 g/mol. The van der Waals surface area contributed by atoms with Crippen molar-refractivity contribution in [1.82, 2.24) is 20.4 Å². The Morgan fingerprint density at radius 1 is 1.39 bits per heavy atom. The van der Waals surface area contributed by atoms with E-state index in [2.05, 4.69) is 15.5 Å². The van der Waals surface area contributed by atoms with Crippen molar-refractivity contribution >= 4 is 28.6 Å². The van der Waals surface area contributed by atoms with Crippen molar-refractivity contribution in [2.45, 2.75) is 19.8 Å². The van der Waals surface area contributed by atoms with Gasteiger partial charge in [0, 0.05) is 23.7 Å². The van der Waals surface area contributed by atoms with E-state index in [1.807, 2.05) is 49.2 Å². The van der Waals surface area contributed by atoms with Crippen LogP contribution in [0.5, 0.6) is 0 Å². The zero-order valence-electron chi connectivity index (χ0n) is 16.0. The number of nitrogens with zero attached hydrogens (tertiary/aromatic N) is 3. The molecule has 1 aliphatic rings. The molecule has 0 radical (unpaired) electrons. The van der Waals surface area contributed by atoms with E-state index >= 15 is 0 Å². The number of amides is 1. The van der Waals surface area contributed by atoms with Crippen LogP contribution >= 0.6 is 11.6 Å². The molecule has 1 unspecified atom stereocenters. The predicted molar refractivity (Wildman–Crippen MR) is 110 cm³/mol. The van der Waals surface area contributed by atoms with Gasteiger partial charge in [0.15, 0.2) is 0 Å². The number of aromatic nitrogens is 2. The normalized spacial score (nSPS) is 17.2. The van der Waals surface area contributed by atoms with Gasteiger partial charge >= 0.3 is 0 Å². The lowest BCUT2D eigenvalue weighted by atomic mass is 9.96. The number of pyridine rings is 1. The summed E-state index contributed by atoms with van der Waals surface area (Å²) in [4.78, 5) is 20.0. The molecule has 4 rings (SSSR count). The van der Waals surface area contributed by atoms with E-state index in [9.17, 15) is 4.79 Å². The molecule has 146 valence electrons. The van der Waals surface area contributed by atoms with Gasteiger partial charge in [0.05, 0.1) is 22.3 Å². The van der Waals surface area contributed by atoms with E-state index in [1.54, 1.807) is 0 Å². The van der Waals surface area contributed by atoms with Crippen molar-refractivity contribution in [2.24, 2.45) is 5.92 Å². The summed E-state index contributed by atoms with van der Waals surface area (Å²) in [5, 5.41) is 8.56. The molecule has 1 amide bonds. The average Bonchev–Trinajstić information content (AvgIpc) is 3.08. The quantitative estimate of drug-likeness (QED) is 0.721. The molecule has 1 aliphatic heterocycles. The van der Waals surface area contributed by atoms with E-state index < -0.39 is 0 Å². The summed E-state index contributed by atoms with van der Waals surface area (Å²) in [6.45, 7) is 4.26. The van der Waals surface area contributed by atoms with Crippen molar-refractivity contribution in [3.05, 3.63) is 46.6 Å². The molecule has 1 fully saturated rings. The maximum absolute atomic E-state index is 13.4. The standard InChI is InChI=1S/C21H23ClN4O2/c1-13-19-17(21(27)26-8-4-5-14(12-26)11-23-2)10-18(24-20(19)28-25-13)15-6-3-7-16(22)9-15/h3,6-7,9-10,14,23H,4-5,8,11-12H2,1-2H3. The topological polar surface area (TPSA) is 71.3 Å². The number of nitrogens with one attached hydrogen (secondary N) is 1. The zero-order valence-corrected chi connectivity index (χ0v) is 16.8. The number of fused-ring (bicyclic) bond motifs is 1. The fourth-order valence-electron chi connectivity index (χ4n) is 3.93. The van der Waals surface area contributed by atoms with Gasteiger partial charge in [-0.05, 0) is 57.5 Å². The molecule has 28 heavy (non-hydrogen) atoms. The van der Waals surface area contributed by atoms with Crippen molar-refractivity contribution in [3.8, 4) is 11.3 Å². The first-order valence-electron chi connectivity index (χ1n) is 9.53. The first-order valence-corrected chi connectivity index (χ1v) is 9.91. The molecular weight excluding hydrogens is 376 g/mol. The molecule has 3 heterocycles. The Balaban J connectivity index is 1.76. The molecule has 1 aromatic carbocycles. The lowest BCUT2D eigenvalue weighted by molar-refractivity contribution is 0.0676. The summed E-state index contributed by atoms with van der Waals surface area (Å²) < 4.78 is 5.40. The minimum atomic E-state index is 0.00258. The Hall–Kier alpha value is -2.44. The second-order valence-electron chi connectivity index (χ2n) is 7.33. The lowest BCUT2D eigenvalue weighted by Gasteiger charge is -2.33. The fraction of sp³-hybridized carbons (Fsp3) is 0.381. The number of halogens is 1. The third-order valence-electron chi connectivity index (χ3n) is 5.27. The highest BCUT2D eigenvalue weighted by atomic mass is 35.5. The van der Waals surface area contributed by atoms with Crippen LogP contribution in [0.15, 0.2) is 34.9 Å². The maximum atomic E-state index is 13.4. The van der Waals surface area contributed by atoms with Crippen molar-refractivity contribution in [1.29, 1.82) is 0 Å². The van der Waals surface area contributed by atoms with Gasteiger partial charge in [0.25, 0.3) is 11.6 Å². The highest BCUT2D eigenvalue weighted by Crippen LogP contribution is 2.30. The first kappa shape index (κ1) is 18.9. The molecule has 0 bridgehead atoms. The summed E-state index contributed by atoms with van der Waals surface area (Å²) in [6, 6.07) is 9.26. The van der Waals surface area contributed by atoms with Gasteiger partial charge in [0.1, 0.15) is 0 Å². The molecule has 0 saturated carbocycles. The van der Waals surface area contributed by atoms with Crippen LogP contribution in [-0.4, -0.2) is 47.6 Å². The van der Waals surface area contributed by atoms with Gasteiger partial charge in [-0.15, -0.1) is 0 Å². The molecule has 0 aliphatic carbocycles. The summed E-state index contributed by atoms with van der Waals surface area (Å²) in [5.74, 6) is 0.471. The molecule has 7 heteroatoms. The molecule has 1 atom stereocenters. The van der Waals surface area contributed by atoms with Crippen LogP contribution in [-0.2, 0) is 0 Å². The Bertz CT molecular complexity index is 1010. The van der Waals surface area contributed by atoms with E-state index in [4.69, 9.17) is 16.1 Å². The van der Waals surface area contributed by atoms with Gasteiger partial charge in [-0.25, -0.2) is 4.98 Å². The number of likely N-dealkylation sites (tertiary alicyclic amines) is 1. The van der Waals surface area contributed by atoms with Gasteiger partial charge < -0.3 is 14.7 Å².